The lowest BCUT2D eigenvalue weighted by Gasteiger charge is -2.27. The predicted molar refractivity (Wildman–Crippen MR) is 84.5 cm³/mol. The van der Waals surface area contributed by atoms with Crippen molar-refractivity contribution in [2.45, 2.75) is 32.0 Å². The van der Waals surface area contributed by atoms with Crippen molar-refractivity contribution in [1.29, 1.82) is 0 Å². The molecule has 0 bridgehead atoms. The van der Waals surface area contributed by atoms with Gasteiger partial charge in [0, 0.05) is 19.9 Å². The standard InChI is InChI=1S/C17H23FN2O3/c1-13(22)19(8-7-14-5-3-2-4-6-14)11-17(23)20-10-15(18)9-16(20)12-21/h2-6,15-16,21H,7-12H2,1H3/t15-,16-/m0/s1. The molecule has 1 heterocycles. The molecular weight excluding hydrogens is 299 g/mol. The van der Waals surface area contributed by atoms with Crippen molar-refractivity contribution in [2.24, 2.45) is 0 Å². The summed E-state index contributed by atoms with van der Waals surface area (Å²) in [5, 5.41) is 9.26. The van der Waals surface area contributed by atoms with Gasteiger partial charge in [0.05, 0.1) is 25.7 Å². The van der Waals surface area contributed by atoms with Crippen LogP contribution in [-0.4, -0.2) is 65.2 Å². The molecule has 1 aromatic carbocycles. The Morgan fingerprint density at radius 3 is 2.65 bits per heavy atom. The van der Waals surface area contributed by atoms with E-state index in [1.165, 1.54) is 16.7 Å². The number of likely N-dealkylation sites (tertiary alicyclic amines) is 1. The highest BCUT2D eigenvalue weighted by molar-refractivity contribution is 5.84. The molecule has 2 amide bonds. The predicted octanol–water partition coefficient (Wildman–Crippen LogP) is 1.01. The molecule has 1 aliphatic rings. The molecule has 1 aliphatic heterocycles. The number of halogens is 1. The lowest BCUT2D eigenvalue weighted by atomic mass is 10.1. The second-order valence-corrected chi connectivity index (χ2v) is 5.89. The molecule has 0 radical (unpaired) electrons. The highest BCUT2D eigenvalue weighted by Crippen LogP contribution is 2.20. The Hall–Kier alpha value is -1.95. The van der Waals surface area contributed by atoms with Crippen LogP contribution in [0.5, 0.6) is 0 Å². The van der Waals surface area contributed by atoms with Crippen LogP contribution >= 0.6 is 0 Å². The summed E-state index contributed by atoms with van der Waals surface area (Å²) < 4.78 is 13.5. The third kappa shape index (κ3) is 4.76. The molecule has 23 heavy (non-hydrogen) atoms. The summed E-state index contributed by atoms with van der Waals surface area (Å²) in [5.74, 6) is -0.502. The Labute approximate surface area is 135 Å². The van der Waals surface area contributed by atoms with Gasteiger partial charge in [0.2, 0.25) is 11.8 Å². The maximum absolute atomic E-state index is 13.5. The van der Waals surface area contributed by atoms with E-state index in [9.17, 15) is 19.1 Å². The van der Waals surface area contributed by atoms with E-state index in [0.29, 0.717) is 13.0 Å². The second kappa shape index (κ2) is 8.06. The van der Waals surface area contributed by atoms with Crippen LogP contribution in [0.1, 0.15) is 18.9 Å². The lowest BCUT2D eigenvalue weighted by molar-refractivity contribution is -0.140. The third-order valence-corrected chi connectivity index (χ3v) is 4.18. The van der Waals surface area contributed by atoms with Crippen LogP contribution in [0, 0.1) is 0 Å². The maximum Gasteiger partial charge on any atom is 0.242 e. The minimum absolute atomic E-state index is 0.00547. The van der Waals surface area contributed by atoms with Gasteiger partial charge in [0.25, 0.3) is 0 Å². The van der Waals surface area contributed by atoms with E-state index in [1.807, 2.05) is 30.3 Å². The molecule has 0 unspecified atom stereocenters. The maximum atomic E-state index is 13.5. The molecule has 126 valence electrons. The molecule has 5 nitrogen and oxygen atoms in total. The van der Waals surface area contributed by atoms with E-state index in [1.54, 1.807) is 0 Å². The van der Waals surface area contributed by atoms with Gasteiger partial charge in [-0.15, -0.1) is 0 Å². The Morgan fingerprint density at radius 2 is 2.04 bits per heavy atom. The number of aliphatic hydroxyl groups is 1. The summed E-state index contributed by atoms with van der Waals surface area (Å²) in [4.78, 5) is 26.9. The first-order valence-corrected chi connectivity index (χ1v) is 7.85. The van der Waals surface area contributed by atoms with Gasteiger partial charge in [0.15, 0.2) is 0 Å². The van der Waals surface area contributed by atoms with Crippen LogP contribution in [0.15, 0.2) is 30.3 Å². The van der Waals surface area contributed by atoms with Crippen LogP contribution in [0.3, 0.4) is 0 Å². The first kappa shape index (κ1) is 17.4. The van der Waals surface area contributed by atoms with E-state index in [4.69, 9.17) is 0 Å². The van der Waals surface area contributed by atoms with Gasteiger partial charge in [0.1, 0.15) is 6.17 Å². The van der Waals surface area contributed by atoms with Gasteiger partial charge in [-0.3, -0.25) is 9.59 Å². The van der Waals surface area contributed by atoms with Crippen LogP contribution in [-0.2, 0) is 16.0 Å². The van der Waals surface area contributed by atoms with E-state index in [-0.39, 0.29) is 37.9 Å². The average molecular weight is 322 g/mol. The molecule has 0 aromatic heterocycles. The van der Waals surface area contributed by atoms with Crippen molar-refractivity contribution in [1.82, 2.24) is 9.80 Å². The van der Waals surface area contributed by atoms with Crippen molar-refractivity contribution in [3.05, 3.63) is 35.9 Å². The number of aliphatic hydroxyl groups excluding tert-OH is 1. The highest BCUT2D eigenvalue weighted by Gasteiger charge is 2.35. The zero-order valence-electron chi connectivity index (χ0n) is 13.3. The monoisotopic (exact) mass is 322 g/mol. The summed E-state index contributed by atoms with van der Waals surface area (Å²) in [6.07, 6.45) is -0.291. The fourth-order valence-electron chi connectivity index (χ4n) is 2.85. The van der Waals surface area contributed by atoms with Gasteiger partial charge in [-0.25, -0.2) is 4.39 Å². The zero-order chi connectivity index (χ0) is 16.8. The van der Waals surface area contributed by atoms with E-state index in [0.717, 1.165) is 5.56 Å². The molecule has 1 saturated heterocycles. The van der Waals surface area contributed by atoms with Crippen molar-refractivity contribution < 1.29 is 19.1 Å². The number of hydrogen-bond acceptors (Lipinski definition) is 3. The second-order valence-electron chi connectivity index (χ2n) is 5.89. The molecule has 0 aliphatic carbocycles. The SMILES string of the molecule is CC(=O)N(CCc1ccccc1)CC(=O)N1C[C@@H](F)C[C@H]1CO. The Morgan fingerprint density at radius 1 is 1.35 bits per heavy atom. The number of carbonyl (C=O) groups is 2. The number of nitrogens with zero attached hydrogens (tertiary/aromatic N) is 2. The Bertz CT molecular complexity index is 538. The average Bonchev–Trinajstić information content (AvgIpc) is 2.93. The summed E-state index contributed by atoms with van der Waals surface area (Å²) >= 11 is 0. The quantitative estimate of drug-likeness (QED) is 0.850. The molecule has 2 atom stereocenters. The topological polar surface area (TPSA) is 60.9 Å². The largest absolute Gasteiger partial charge is 0.394 e. The highest BCUT2D eigenvalue weighted by atomic mass is 19.1. The summed E-state index contributed by atoms with van der Waals surface area (Å²) in [6, 6.07) is 9.23. The molecule has 0 saturated carbocycles. The number of benzene rings is 1. The van der Waals surface area contributed by atoms with E-state index >= 15 is 0 Å². The zero-order valence-corrected chi connectivity index (χ0v) is 13.3. The molecule has 6 heteroatoms. The Balaban J connectivity index is 1.93. The number of hydrogen-bond donors (Lipinski definition) is 1. The minimum Gasteiger partial charge on any atom is -0.394 e. The number of amides is 2. The third-order valence-electron chi connectivity index (χ3n) is 4.18. The van der Waals surface area contributed by atoms with Crippen LogP contribution in [0.25, 0.3) is 0 Å². The fourth-order valence-corrected chi connectivity index (χ4v) is 2.85. The fraction of sp³-hybridized carbons (Fsp3) is 0.529. The number of alkyl halides is 1. The van der Waals surface area contributed by atoms with E-state index in [2.05, 4.69) is 0 Å². The number of rotatable bonds is 6. The molecule has 0 spiro atoms. The normalized spacial score (nSPS) is 20.6. The lowest BCUT2D eigenvalue weighted by Crippen LogP contribution is -2.45. The van der Waals surface area contributed by atoms with Crippen LogP contribution < -0.4 is 0 Å². The summed E-state index contributed by atoms with van der Waals surface area (Å²) in [7, 11) is 0. The van der Waals surface area contributed by atoms with Crippen LogP contribution in [0.4, 0.5) is 4.39 Å². The summed E-state index contributed by atoms with van der Waals surface area (Å²) in [5.41, 5.74) is 1.09. The van der Waals surface area contributed by atoms with Crippen molar-refractivity contribution in [3.8, 4) is 0 Å². The Kier molecular flexibility index (Phi) is 6.10. The first-order valence-electron chi connectivity index (χ1n) is 7.85. The van der Waals surface area contributed by atoms with Gasteiger partial charge >= 0.3 is 0 Å². The van der Waals surface area contributed by atoms with Crippen molar-refractivity contribution >= 4 is 11.8 Å². The van der Waals surface area contributed by atoms with Gasteiger partial charge < -0.3 is 14.9 Å². The van der Waals surface area contributed by atoms with Gasteiger partial charge in [-0.1, -0.05) is 30.3 Å². The van der Waals surface area contributed by atoms with Gasteiger partial charge in [-0.05, 0) is 12.0 Å². The molecule has 1 N–H and O–H groups in total. The smallest absolute Gasteiger partial charge is 0.242 e. The molecule has 2 rings (SSSR count). The first-order chi connectivity index (χ1) is 11.0. The summed E-state index contributed by atoms with van der Waals surface area (Å²) in [6.45, 7) is 1.52. The van der Waals surface area contributed by atoms with E-state index < -0.39 is 12.2 Å². The van der Waals surface area contributed by atoms with Gasteiger partial charge in [-0.2, -0.15) is 0 Å². The van der Waals surface area contributed by atoms with Crippen LogP contribution in [0.2, 0.25) is 0 Å². The number of carbonyl (C=O) groups excluding carboxylic acids is 2. The minimum atomic E-state index is -1.11. The van der Waals surface area contributed by atoms with Crippen molar-refractivity contribution in [3.63, 3.8) is 0 Å². The molecular formula is C17H23FN2O3. The van der Waals surface area contributed by atoms with Crippen molar-refractivity contribution in [2.75, 3.05) is 26.2 Å². The molecule has 1 aromatic rings. The molecule has 1 fully saturated rings.